The van der Waals surface area contributed by atoms with Gasteiger partial charge in [-0.25, -0.2) is 0 Å². The van der Waals surface area contributed by atoms with Crippen molar-refractivity contribution in [3.63, 3.8) is 0 Å². The van der Waals surface area contributed by atoms with E-state index in [1.54, 1.807) is 25.3 Å². The number of carbonyl (C=O) groups excluding carboxylic acids is 1. The molecule has 1 saturated carbocycles. The third-order valence-electron chi connectivity index (χ3n) is 4.64. The molecule has 1 amide bonds. The number of nitrogens with one attached hydrogen (secondary N) is 2. The number of aromatic amines is 1. The number of ether oxygens (including phenoxy) is 2. The van der Waals surface area contributed by atoms with Gasteiger partial charge in [-0.15, -0.1) is 10.2 Å². The normalized spacial score (nSPS) is 14.4. The summed E-state index contributed by atoms with van der Waals surface area (Å²) in [7, 11) is 1.56. The topological polar surface area (TPSA) is 106 Å². The van der Waals surface area contributed by atoms with Crippen molar-refractivity contribution in [3.05, 3.63) is 34.2 Å². The minimum absolute atomic E-state index is 0.0607. The molecule has 1 atom stereocenters. The predicted molar refractivity (Wildman–Crippen MR) is 105 cm³/mol. The fourth-order valence-electron chi connectivity index (χ4n) is 2.63. The van der Waals surface area contributed by atoms with Crippen molar-refractivity contribution in [1.82, 2.24) is 20.5 Å². The number of H-pyrrole nitrogens is 1. The number of carbonyl (C=O) groups is 1. The molecule has 0 saturated heterocycles. The summed E-state index contributed by atoms with van der Waals surface area (Å²) in [6.45, 7) is 4.03. The summed E-state index contributed by atoms with van der Waals surface area (Å²) in [6, 6.07) is 5.64. The molecule has 28 heavy (non-hydrogen) atoms. The minimum Gasteiger partial charge on any atom is -0.493 e. The molecule has 150 valence electrons. The number of amides is 1. The average Bonchev–Trinajstić information content (AvgIpc) is 3.51. The van der Waals surface area contributed by atoms with Gasteiger partial charge in [-0.3, -0.25) is 9.59 Å². The lowest BCUT2D eigenvalue weighted by atomic mass is 10.2. The molecular formula is C20H26N4O4. The summed E-state index contributed by atoms with van der Waals surface area (Å²) in [5.41, 5.74) is 0.567. The van der Waals surface area contributed by atoms with Crippen molar-refractivity contribution in [2.75, 3.05) is 7.11 Å². The number of benzene rings is 1. The summed E-state index contributed by atoms with van der Waals surface area (Å²) in [6.07, 6.45) is 3.49. The number of hydrogen-bond acceptors (Lipinski definition) is 6. The van der Waals surface area contributed by atoms with Gasteiger partial charge in [0.2, 0.25) is 5.91 Å². The molecule has 8 heteroatoms. The predicted octanol–water partition coefficient (Wildman–Crippen LogP) is 2.23. The molecule has 8 nitrogen and oxygen atoms in total. The quantitative estimate of drug-likeness (QED) is 0.684. The molecule has 1 fully saturated rings. The fraction of sp³-hybridized carbons (Fsp3) is 0.500. The van der Waals surface area contributed by atoms with E-state index in [4.69, 9.17) is 9.47 Å². The van der Waals surface area contributed by atoms with E-state index in [1.165, 1.54) is 0 Å². The lowest BCUT2D eigenvalue weighted by molar-refractivity contribution is -0.121. The van der Waals surface area contributed by atoms with Gasteiger partial charge in [-0.1, -0.05) is 6.92 Å². The van der Waals surface area contributed by atoms with E-state index in [-0.39, 0.29) is 36.1 Å². The van der Waals surface area contributed by atoms with Crippen LogP contribution in [0.3, 0.4) is 0 Å². The van der Waals surface area contributed by atoms with Gasteiger partial charge in [0.05, 0.1) is 13.2 Å². The molecule has 0 radical (unpaired) electrons. The van der Waals surface area contributed by atoms with Crippen molar-refractivity contribution in [1.29, 1.82) is 0 Å². The SMILES string of the molecule is CCC(C)Oc1ccc(-c2nnc(CCC(=O)NC3CC3)c(=O)[nH]2)cc1OC. The molecule has 1 aliphatic rings. The lowest BCUT2D eigenvalue weighted by Crippen LogP contribution is -2.27. The summed E-state index contributed by atoms with van der Waals surface area (Å²) < 4.78 is 11.2. The zero-order valence-electron chi connectivity index (χ0n) is 16.4. The molecule has 1 aromatic carbocycles. The summed E-state index contributed by atoms with van der Waals surface area (Å²) in [5, 5.41) is 11.0. The number of aryl methyl sites for hydroxylation is 1. The molecule has 3 rings (SSSR count). The van der Waals surface area contributed by atoms with Gasteiger partial charge < -0.3 is 19.8 Å². The first-order valence-electron chi connectivity index (χ1n) is 9.60. The van der Waals surface area contributed by atoms with Crippen LogP contribution in [0.5, 0.6) is 11.5 Å². The standard InChI is InChI=1S/C20H26N4O4/c1-4-12(2)28-16-9-5-13(11-17(16)27-3)19-22-20(26)15(23-24-19)8-10-18(25)21-14-6-7-14/h5,9,11-12,14H,4,6-8,10H2,1-3H3,(H,21,25)(H,22,24,26). The monoisotopic (exact) mass is 386 g/mol. The van der Waals surface area contributed by atoms with Crippen molar-refractivity contribution >= 4 is 5.91 Å². The van der Waals surface area contributed by atoms with Gasteiger partial charge in [0.1, 0.15) is 5.69 Å². The van der Waals surface area contributed by atoms with E-state index in [1.807, 2.05) is 13.8 Å². The smallest absolute Gasteiger partial charge is 0.273 e. The maximum atomic E-state index is 12.3. The van der Waals surface area contributed by atoms with Crippen molar-refractivity contribution < 1.29 is 14.3 Å². The number of rotatable bonds is 9. The highest BCUT2D eigenvalue weighted by molar-refractivity contribution is 5.76. The van der Waals surface area contributed by atoms with Crippen molar-refractivity contribution in [3.8, 4) is 22.9 Å². The van der Waals surface area contributed by atoms with E-state index in [2.05, 4.69) is 20.5 Å². The first kappa shape index (κ1) is 19.9. The zero-order chi connectivity index (χ0) is 20.1. The van der Waals surface area contributed by atoms with Gasteiger partial charge >= 0.3 is 0 Å². The highest BCUT2D eigenvalue weighted by Crippen LogP contribution is 2.32. The Bertz CT molecular complexity index is 892. The third-order valence-corrected chi connectivity index (χ3v) is 4.64. The Kier molecular flexibility index (Phi) is 6.28. The van der Waals surface area contributed by atoms with Crippen LogP contribution in [0.15, 0.2) is 23.0 Å². The van der Waals surface area contributed by atoms with E-state index in [0.717, 1.165) is 19.3 Å². The van der Waals surface area contributed by atoms with E-state index in [9.17, 15) is 9.59 Å². The second-order valence-electron chi connectivity index (χ2n) is 6.99. The summed E-state index contributed by atoms with van der Waals surface area (Å²) in [5.74, 6) is 1.47. The van der Waals surface area contributed by atoms with Gasteiger partial charge in [0.25, 0.3) is 5.56 Å². The second kappa shape index (κ2) is 8.86. The largest absolute Gasteiger partial charge is 0.493 e. The molecular weight excluding hydrogens is 360 g/mol. The van der Waals surface area contributed by atoms with Gasteiger partial charge in [0.15, 0.2) is 17.3 Å². The second-order valence-corrected chi connectivity index (χ2v) is 6.99. The molecule has 1 unspecified atom stereocenters. The van der Waals surface area contributed by atoms with Crippen LogP contribution in [0.25, 0.3) is 11.4 Å². The number of methoxy groups -OCH3 is 1. The Hall–Kier alpha value is -2.90. The highest BCUT2D eigenvalue weighted by Gasteiger charge is 2.23. The molecule has 1 aromatic heterocycles. The Morgan fingerprint density at radius 3 is 2.75 bits per heavy atom. The van der Waals surface area contributed by atoms with Crippen LogP contribution in [0.1, 0.15) is 45.2 Å². The molecule has 1 aliphatic carbocycles. The minimum atomic E-state index is -0.344. The molecule has 0 spiro atoms. The zero-order valence-corrected chi connectivity index (χ0v) is 16.4. The molecule has 0 bridgehead atoms. The Morgan fingerprint density at radius 2 is 2.11 bits per heavy atom. The molecule has 2 aromatic rings. The van der Waals surface area contributed by atoms with Crippen molar-refractivity contribution in [2.24, 2.45) is 0 Å². The van der Waals surface area contributed by atoms with Gasteiger partial charge in [-0.05, 0) is 44.4 Å². The van der Waals surface area contributed by atoms with Crippen LogP contribution in [0, 0.1) is 0 Å². The number of hydrogen-bond donors (Lipinski definition) is 2. The third kappa shape index (κ3) is 5.09. The Balaban J connectivity index is 1.71. The highest BCUT2D eigenvalue weighted by atomic mass is 16.5. The van der Waals surface area contributed by atoms with E-state index < -0.39 is 0 Å². The van der Waals surface area contributed by atoms with Crippen LogP contribution in [0.2, 0.25) is 0 Å². The van der Waals surface area contributed by atoms with Crippen molar-refractivity contribution in [2.45, 2.75) is 58.1 Å². The van der Waals surface area contributed by atoms with E-state index >= 15 is 0 Å². The summed E-state index contributed by atoms with van der Waals surface area (Å²) >= 11 is 0. The van der Waals surface area contributed by atoms with Crippen LogP contribution in [-0.2, 0) is 11.2 Å². The van der Waals surface area contributed by atoms with Gasteiger partial charge in [0, 0.05) is 24.4 Å². The average molecular weight is 386 g/mol. The number of nitrogens with zero attached hydrogens (tertiary/aromatic N) is 2. The van der Waals surface area contributed by atoms with Crippen LogP contribution < -0.4 is 20.3 Å². The first-order valence-corrected chi connectivity index (χ1v) is 9.60. The van der Waals surface area contributed by atoms with Crippen LogP contribution in [0.4, 0.5) is 0 Å². The maximum Gasteiger partial charge on any atom is 0.273 e. The molecule has 0 aliphatic heterocycles. The van der Waals surface area contributed by atoms with Crippen LogP contribution in [-0.4, -0.2) is 40.3 Å². The molecule has 1 heterocycles. The molecule has 2 N–H and O–H groups in total. The number of aromatic nitrogens is 3. The maximum absolute atomic E-state index is 12.3. The first-order chi connectivity index (χ1) is 13.5. The Morgan fingerprint density at radius 1 is 1.32 bits per heavy atom. The van der Waals surface area contributed by atoms with Gasteiger partial charge in [-0.2, -0.15) is 0 Å². The lowest BCUT2D eigenvalue weighted by Gasteiger charge is -2.16. The van der Waals surface area contributed by atoms with Crippen LogP contribution >= 0.6 is 0 Å². The Labute approximate surface area is 163 Å². The fourth-order valence-corrected chi connectivity index (χ4v) is 2.63. The van der Waals surface area contributed by atoms with E-state index in [0.29, 0.717) is 28.9 Å². The summed E-state index contributed by atoms with van der Waals surface area (Å²) in [4.78, 5) is 26.8.